The molecule has 0 unspecified atom stereocenters. The fraction of sp³-hybridized carbons (Fsp3) is 0.0500. The molecule has 0 N–H and O–H groups in total. The lowest BCUT2D eigenvalue weighted by Crippen LogP contribution is -2.30. The molecule has 2 aromatic heterocycles. The van der Waals surface area contributed by atoms with Crippen molar-refractivity contribution in [3.8, 4) is 0 Å². The van der Waals surface area contributed by atoms with Crippen molar-refractivity contribution in [1.82, 2.24) is 9.97 Å². The fourth-order valence-electron chi connectivity index (χ4n) is 2.64. The highest BCUT2D eigenvalue weighted by atomic mass is 35.5. The second kappa shape index (κ2) is 7.23. The number of aromatic nitrogens is 2. The summed E-state index contributed by atoms with van der Waals surface area (Å²) in [7, 11) is 0. The molecule has 26 heavy (non-hydrogen) atoms. The molecule has 0 radical (unpaired) electrons. The number of rotatable bonds is 4. The quantitative estimate of drug-likeness (QED) is 0.490. The van der Waals surface area contributed by atoms with Gasteiger partial charge in [0.1, 0.15) is 0 Å². The number of amides is 1. The Morgan fingerprint density at radius 2 is 1.77 bits per heavy atom. The molecule has 0 aliphatic carbocycles. The van der Waals surface area contributed by atoms with Gasteiger partial charge in [-0.1, -0.05) is 53.3 Å². The average molecular weight is 380 g/mol. The van der Waals surface area contributed by atoms with Crippen molar-refractivity contribution in [2.75, 3.05) is 4.90 Å². The van der Waals surface area contributed by atoms with Gasteiger partial charge in [-0.3, -0.25) is 14.7 Å². The van der Waals surface area contributed by atoms with Gasteiger partial charge in [0.2, 0.25) is 0 Å². The highest BCUT2D eigenvalue weighted by molar-refractivity contribution is 7.22. The van der Waals surface area contributed by atoms with Crippen LogP contribution < -0.4 is 4.90 Å². The van der Waals surface area contributed by atoms with E-state index < -0.39 is 0 Å². The normalized spacial score (nSPS) is 10.8. The number of pyridine rings is 1. The van der Waals surface area contributed by atoms with Gasteiger partial charge < -0.3 is 0 Å². The molecule has 0 saturated heterocycles. The summed E-state index contributed by atoms with van der Waals surface area (Å²) in [6.07, 6.45) is 1.71. The summed E-state index contributed by atoms with van der Waals surface area (Å²) in [5.74, 6) is -0.194. The molecule has 4 rings (SSSR count). The molecule has 1 amide bonds. The molecular formula is C20H14ClN3OS. The van der Waals surface area contributed by atoms with Crippen LogP contribution in [0.2, 0.25) is 5.02 Å². The molecule has 0 aliphatic heterocycles. The maximum atomic E-state index is 13.2. The third-order valence-corrected chi connectivity index (χ3v) is 5.30. The van der Waals surface area contributed by atoms with E-state index in [9.17, 15) is 4.79 Å². The highest BCUT2D eigenvalue weighted by Gasteiger charge is 2.23. The van der Waals surface area contributed by atoms with Gasteiger partial charge in [-0.2, -0.15) is 0 Å². The molecule has 0 bridgehead atoms. The molecule has 0 atom stereocenters. The van der Waals surface area contributed by atoms with Crippen LogP contribution in [-0.2, 0) is 6.54 Å². The molecule has 0 fully saturated rings. The van der Waals surface area contributed by atoms with Crippen LogP contribution in [0, 0.1) is 0 Å². The summed E-state index contributed by atoms with van der Waals surface area (Å²) in [5, 5.41) is 1.05. The van der Waals surface area contributed by atoms with Crippen molar-refractivity contribution in [2.24, 2.45) is 0 Å². The summed E-state index contributed by atoms with van der Waals surface area (Å²) in [6.45, 7) is 0.324. The summed E-state index contributed by atoms with van der Waals surface area (Å²) in [4.78, 5) is 23.8. The molecule has 4 aromatic rings. The lowest BCUT2D eigenvalue weighted by Gasteiger charge is -2.20. The van der Waals surface area contributed by atoms with E-state index in [1.165, 1.54) is 11.3 Å². The minimum atomic E-state index is -0.194. The first kappa shape index (κ1) is 16.7. The summed E-state index contributed by atoms with van der Waals surface area (Å²) >= 11 is 7.73. The van der Waals surface area contributed by atoms with E-state index >= 15 is 0 Å². The predicted molar refractivity (Wildman–Crippen MR) is 106 cm³/mol. The maximum Gasteiger partial charge on any atom is 0.261 e. The Hall–Kier alpha value is -2.76. The van der Waals surface area contributed by atoms with Crippen molar-refractivity contribution in [1.29, 1.82) is 0 Å². The second-order valence-corrected chi connectivity index (χ2v) is 7.07. The lowest BCUT2D eigenvalue weighted by molar-refractivity contribution is 0.0985. The first-order valence-electron chi connectivity index (χ1n) is 8.04. The molecular weight excluding hydrogens is 366 g/mol. The Kier molecular flexibility index (Phi) is 4.65. The van der Waals surface area contributed by atoms with Gasteiger partial charge in [0.25, 0.3) is 5.91 Å². The van der Waals surface area contributed by atoms with Crippen LogP contribution in [0.4, 0.5) is 5.13 Å². The van der Waals surface area contributed by atoms with E-state index in [4.69, 9.17) is 11.6 Å². The Morgan fingerprint density at radius 1 is 1.00 bits per heavy atom. The minimum absolute atomic E-state index is 0.194. The van der Waals surface area contributed by atoms with Crippen LogP contribution in [0.15, 0.2) is 72.9 Å². The Morgan fingerprint density at radius 3 is 2.54 bits per heavy atom. The number of nitrogens with zero attached hydrogens (tertiary/aromatic N) is 3. The number of hydrogen-bond acceptors (Lipinski definition) is 4. The largest absolute Gasteiger partial charge is 0.278 e. The number of fused-ring (bicyclic) bond motifs is 1. The zero-order valence-electron chi connectivity index (χ0n) is 13.7. The number of thiazole rings is 1. The summed E-state index contributed by atoms with van der Waals surface area (Å²) in [6, 6.07) is 20.5. The number of anilines is 1. The van der Waals surface area contributed by atoms with Gasteiger partial charge in [-0.25, -0.2) is 4.98 Å². The van der Waals surface area contributed by atoms with Crippen LogP contribution in [-0.4, -0.2) is 15.9 Å². The average Bonchev–Trinajstić information content (AvgIpc) is 3.10. The Bertz CT molecular complexity index is 1030. The van der Waals surface area contributed by atoms with Crippen LogP contribution in [0.25, 0.3) is 10.2 Å². The third-order valence-electron chi connectivity index (χ3n) is 3.91. The molecule has 0 spiro atoms. The summed E-state index contributed by atoms with van der Waals surface area (Å²) < 4.78 is 1.03. The van der Waals surface area contributed by atoms with Gasteiger partial charge in [0.05, 0.1) is 33.0 Å². The van der Waals surface area contributed by atoms with E-state index in [0.29, 0.717) is 22.3 Å². The van der Waals surface area contributed by atoms with Crippen molar-refractivity contribution in [2.45, 2.75) is 6.54 Å². The van der Waals surface area contributed by atoms with Crippen LogP contribution in [0.5, 0.6) is 0 Å². The molecule has 0 aliphatic rings. The minimum Gasteiger partial charge on any atom is -0.278 e. The molecule has 4 nitrogen and oxygen atoms in total. The number of hydrogen-bond donors (Lipinski definition) is 0. The topological polar surface area (TPSA) is 46.1 Å². The van der Waals surface area contributed by atoms with E-state index in [-0.39, 0.29) is 5.91 Å². The van der Waals surface area contributed by atoms with Gasteiger partial charge in [-0.05, 0) is 36.4 Å². The van der Waals surface area contributed by atoms with Gasteiger partial charge in [-0.15, -0.1) is 0 Å². The van der Waals surface area contributed by atoms with Crippen LogP contribution >= 0.6 is 22.9 Å². The van der Waals surface area contributed by atoms with Gasteiger partial charge in [0.15, 0.2) is 5.13 Å². The zero-order chi connectivity index (χ0) is 17.9. The van der Waals surface area contributed by atoms with Crippen LogP contribution in [0.1, 0.15) is 16.1 Å². The van der Waals surface area contributed by atoms with Crippen molar-refractivity contribution < 1.29 is 4.79 Å². The van der Waals surface area contributed by atoms with Gasteiger partial charge in [0, 0.05) is 6.20 Å². The van der Waals surface area contributed by atoms with Crippen molar-refractivity contribution >= 4 is 44.2 Å². The Balaban J connectivity index is 1.78. The summed E-state index contributed by atoms with van der Waals surface area (Å²) in [5.41, 5.74) is 2.10. The van der Waals surface area contributed by atoms with Gasteiger partial charge >= 0.3 is 0 Å². The predicted octanol–water partition coefficient (Wildman–Crippen LogP) is 5.19. The molecule has 0 saturated carbocycles. The van der Waals surface area contributed by atoms with Crippen molar-refractivity contribution in [3.05, 3.63) is 89.2 Å². The van der Waals surface area contributed by atoms with E-state index in [0.717, 1.165) is 15.9 Å². The number of carbonyl (C=O) groups is 1. The lowest BCUT2D eigenvalue weighted by atomic mass is 10.2. The van der Waals surface area contributed by atoms with Crippen molar-refractivity contribution in [3.63, 3.8) is 0 Å². The molecule has 2 heterocycles. The molecule has 128 valence electrons. The molecule has 6 heteroatoms. The SMILES string of the molecule is O=C(c1ccccc1Cl)N(Cc1ccccn1)c1nc2ccccc2s1. The smallest absolute Gasteiger partial charge is 0.261 e. The first-order valence-corrected chi connectivity index (χ1v) is 9.24. The third kappa shape index (κ3) is 3.31. The highest BCUT2D eigenvalue weighted by Crippen LogP contribution is 2.31. The number of halogens is 1. The standard InChI is InChI=1S/C20H14ClN3OS/c21-16-9-2-1-8-15(16)19(25)24(13-14-7-5-6-12-22-14)20-23-17-10-3-4-11-18(17)26-20/h1-12H,13H2. The fourth-order valence-corrected chi connectivity index (χ4v) is 3.82. The first-order chi connectivity index (χ1) is 12.7. The number of benzene rings is 2. The monoisotopic (exact) mass is 379 g/mol. The van der Waals surface area contributed by atoms with E-state index in [1.54, 1.807) is 35.4 Å². The second-order valence-electron chi connectivity index (χ2n) is 5.66. The van der Waals surface area contributed by atoms with Crippen LogP contribution in [0.3, 0.4) is 0 Å². The van der Waals surface area contributed by atoms with E-state index in [2.05, 4.69) is 9.97 Å². The number of carbonyl (C=O) groups excluding carboxylic acids is 1. The zero-order valence-corrected chi connectivity index (χ0v) is 15.2. The molecule has 2 aromatic carbocycles. The Labute approximate surface area is 159 Å². The van der Waals surface area contributed by atoms with E-state index in [1.807, 2.05) is 42.5 Å². The maximum absolute atomic E-state index is 13.2. The number of para-hydroxylation sites is 1.